The number of carbonyl (C=O) groups is 6. The summed E-state index contributed by atoms with van der Waals surface area (Å²) >= 11 is 0. The van der Waals surface area contributed by atoms with Gasteiger partial charge in [-0.05, 0) is 40.0 Å². The molecule has 1 fully saturated rings. The first-order valence-electron chi connectivity index (χ1n) is 14.7. The van der Waals surface area contributed by atoms with Gasteiger partial charge in [0.15, 0.2) is 0 Å². The fourth-order valence-corrected chi connectivity index (χ4v) is 4.29. The molecule has 228 valence electrons. The van der Waals surface area contributed by atoms with Crippen LogP contribution in [0.1, 0.15) is 136 Å². The van der Waals surface area contributed by atoms with Crippen LogP contribution >= 0.6 is 0 Å². The second-order valence-corrected chi connectivity index (χ2v) is 11.4. The topological polar surface area (TPSA) is 156 Å². The average molecular weight is 569 g/mol. The van der Waals surface area contributed by atoms with E-state index < -0.39 is 41.4 Å². The Morgan fingerprint density at radius 3 is 1.68 bits per heavy atom. The highest BCUT2D eigenvalue weighted by Gasteiger charge is 2.33. The molecule has 11 nitrogen and oxygen atoms in total. The molecule has 3 amide bonds. The van der Waals surface area contributed by atoms with Crippen LogP contribution in [0.3, 0.4) is 0 Å². The monoisotopic (exact) mass is 568 g/mol. The zero-order valence-corrected chi connectivity index (χ0v) is 24.5. The van der Waals surface area contributed by atoms with Gasteiger partial charge < -0.3 is 20.0 Å². The Bertz CT molecular complexity index is 835. The van der Waals surface area contributed by atoms with Gasteiger partial charge in [-0.15, -0.1) is 5.06 Å². The van der Waals surface area contributed by atoms with E-state index in [4.69, 9.17) is 14.7 Å². The predicted octanol–water partition coefficient (Wildman–Crippen LogP) is 4.75. The summed E-state index contributed by atoms with van der Waals surface area (Å²) in [6.07, 6.45) is 12.5. The van der Waals surface area contributed by atoms with E-state index in [2.05, 4.69) is 5.32 Å². The van der Waals surface area contributed by atoms with Gasteiger partial charge in [0.05, 0.1) is 6.42 Å². The number of hydrogen-bond acceptors (Lipinski definition) is 8. The lowest BCUT2D eigenvalue weighted by Crippen LogP contribution is -2.44. The lowest BCUT2D eigenvalue weighted by Gasteiger charge is -2.24. The summed E-state index contributed by atoms with van der Waals surface area (Å²) in [7, 11) is 0. The predicted molar refractivity (Wildman–Crippen MR) is 146 cm³/mol. The fourth-order valence-electron chi connectivity index (χ4n) is 4.29. The largest absolute Gasteiger partial charge is 0.481 e. The lowest BCUT2D eigenvalue weighted by atomic mass is 10.0. The molecule has 1 atom stereocenters. The molecule has 0 aromatic carbocycles. The van der Waals surface area contributed by atoms with Crippen LogP contribution < -0.4 is 5.32 Å². The molecular weight excluding hydrogens is 520 g/mol. The van der Waals surface area contributed by atoms with Crippen LogP contribution in [0.25, 0.3) is 0 Å². The molecular formula is C29H48N2O9. The summed E-state index contributed by atoms with van der Waals surface area (Å²) in [5.74, 6) is -3.71. The quantitative estimate of drug-likeness (QED) is 0.113. The minimum atomic E-state index is -1.05. The van der Waals surface area contributed by atoms with Crippen LogP contribution in [0.15, 0.2) is 0 Å². The number of hydrogen-bond donors (Lipinski definition) is 2. The number of carboxylic acids is 1. The van der Waals surface area contributed by atoms with Crippen molar-refractivity contribution in [2.24, 2.45) is 0 Å². The highest BCUT2D eigenvalue weighted by atomic mass is 16.7. The van der Waals surface area contributed by atoms with E-state index in [0.717, 1.165) is 51.4 Å². The number of unbranched alkanes of at least 4 members (excludes halogenated alkanes) is 11. The molecule has 0 aliphatic carbocycles. The van der Waals surface area contributed by atoms with Gasteiger partial charge in [0.2, 0.25) is 5.91 Å². The van der Waals surface area contributed by atoms with Crippen molar-refractivity contribution >= 4 is 35.6 Å². The Balaban J connectivity index is 2.26. The van der Waals surface area contributed by atoms with E-state index in [9.17, 15) is 28.8 Å². The normalized spacial score (nSPS) is 14.2. The van der Waals surface area contributed by atoms with Crippen molar-refractivity contribution in [2.45, 2.75) is 148 Å². The number of imide groups is 1. The summed E-state index contributed by atoms with van der Waals surface area (Å²) in [4.78, 5) is 75.9. The maximum Gasteiger partial charge on any atom is 0.333 e. The zero-order chi connectivity index (χ0) is 30.0. The molecule has 0 radical (unpaired) electrons. The number of nitrogens with one attached hydrogen (secondary N) is 1. The van der Waals surface area contributed by atoms with Crippen molar-refractivity contribution in [1.82, 2.24) is 10.4 Å². The third-order valence-corrected chi connectivity index (χ3v) is 6.41. The Hall–Kier alpha value is -2.98. The molecule has 0 spiro atoms. The summed E-state index contributed by atoms with van der Waals surface area (Å²) in [6.45, 7) is 5.11. The number of nitrogens with zero attached hydrogens (tertiary/aromatic N) is 1. The average Bonchev–Trinajstić information content (AvgIpc) is 3.17. The van der Waals surface area contributed by atoms with Gasteiger partial charge in [0.1, 0.15) is 11.6 Å². The van der Waals surface area contributed by atoms with Crippen LogP contribution in [0, 0.1) is 0 Å². The van der Waals surface area contributed by atoms with Crippen LogP contribution in [0.2, 0.25) is 0 Å². The SMILES string of the molecule is CC(C)(C)OC(=O)[C@H](CCC(=O)ON1C(=O)CCC1=O)NC(=O)CCCCCCCCCCCCCCC(=O)O. The maximum atomic E-state index is 12.6. The molecule has 0 saturated carbocycles. The van der Waals surface area contributed by atoms with Crippen molar-refractivity contribution in [3.05, 3.63) is 0 Å². The number of amides is 3. The second kappa shape index (κ2) is 19.2. The second-order valence-electron chi connectivity index (χ2n) is 11.4. The van der Waals surface area contributed by atoms with Crippen molar-refractivity contribution in [3.8, 4) is 0 Å². The number of hydroxylamine groups is 2. The van der Waals surface area contributed by atoms with Gasteiger partial charge >= 0.3 is 17.9 Å². The maximum absolute atomic E-state index is 12.6. The Labute approximate surface area is 237 Å². The van der Waals surface area contributed by atoms with E-state index in [1.807, 2.05) is 0 Å². The molecule has 0 aromatic rings. The molecule has 0 bridgehead atoms. The zero-order valence-electron chi connectivity index (χ0n) is 24.5. The molecule has 0 aromatic heterocycles. The van der Waals surface area contributed by atoms with Crippen molar-refractivity contribution in [2.75, 3.05) is 0 Å². The molecule has 1 aliphatic heterocycles. The van der Waals surface area contributed by atoms with Crippen LogP contribution in [-0.2, 0) is 38.3 Å². The van der Waals surface area contributed by atoms with E-state index in [-0.39, 0.29) is 44.4 Å². The van der Waals surface area contributed by atoms with Crippen LogP contribution in [0.5, 0.6) is 0 Å². The number of esters is 1. The Morgan fingerprint density at radius 2 is 1.23 bits per heavy atom. The molecule has 1 saturated heterocycles. The van der Waals surface area contributed by atoms with Crippen molar-refractivity contribution < 1.29 is 43.4 Å². The number of ether oxygens (including phenoxy) is 1. The van der Waals surface area contributed by atoms with E-state index in [1.165, 1.54) is 19.3 Å². The van der Waals surface area contributed by atoms with E-state index >= 15 is 0 Å². The third-order valence-electron chi connectivity index (χ3n) is 6.41. The minimum absolute atomic E-state index is 0.0124. The molecule has 1 aliphatic rings. The first kappa shape index (κ1) is 35.0. The molecule has 40 heavy (non-hydrogen) atoms. The molecule has 1 rings (SSSR count). The highest BCUT2D eigenvalue weighted by molar-refractivity contribution is 6.01. The van der Waals surface area contributed by atoms with E-state index in [1.54, 1.807) is 20.8 Å². The molecule has 0 unspecified atom stereocenters. The summed E-state index contributed by atoms with van der Waals surface area (Å²) in [5.41, 5.74) is -0.781. The molecule has 2 N–H and O–H groups in total. The van der Waals surface area contributed by atoms with Crippen LogP contribution in [0.4, 0.5) is 0 Å². The van der Waals surface area contributed by atoms with E-state index in [0.29, 0.717) is 11.5 Å². The third kappa shape index (κ3) is 16.9. The van der Waals surface area contributed by atoms with Crippen molar-refractivity contribution in [3.63, 3.8) is 0 Å². The number of carbonyl (C=O) groups excluding carboxylic acids is 5. The number of aliphatic carboxylic acids is 1. The first-order chi connectivity index (χ1) is 18.9. The summed E-state index contributed by atoms with van der Waals surface area (Å²) < 4.78 is 5.39. The Morgan fingerprint density at radius 1 is 0.775 bits per heavy atom. The summed E-state index contributed by atoms with van der Waals surface area (Å²) in [5, 5.41) is 11.7. The van der Waals surface area contributed by atoms with Gasteiger partial charge in [-0.1, -0.05) is 64.2 Å². The molecule has 11 heteroatoms. The van der Waals surface area contributed by atoms with Gasteiger partial charge in [-0.3, -0.25) is 19.2 Å². The fraction of sp³-hybridized carbons (Fsp3) is 0.793. The van der Waals surface area contributed by atoms with Crippen LogP contribution in [-0.4, -0.2) is 57.4 Å². The lowest BCUT2D eigenvalue weighted by molar-refractivity contribution is -0.197. The standard InChI is InChI=1S/C29H48N2O9/c1-29(2,3)39-28(38)22(18-21-27(37)40-31-24(33)19-20-25(31)34)30-23(32)16-14-12-10-8-6-4-5-7-9-11-13-15-17-26(35)36/h22H,4-21H2,1-3H3,(H,30,32)(H,35,36)/t22-/m0/s1. The van der Waals surface area contributed by atoms with Crippen molar-refractivity contribution in [1.29, 1.82) is 0 Å². The number of carboxylic acid groups (broad SMARTS) is 1. The molecule has 1 heterocycles. The summed E-state index contributed by atoms with van der Waals surface area (Å²) in [6, 6.07) is -1.05. The van der Waals surface area contributed by atoms with Gasteiger partial charge in [0.25, 0.3) is 11.8 Å². The highest BCUT2D eigenvalue weighted by Crippen LogP contribution is 2.16. The number of rotatable bonds is 21. The van der Waals surface area contributed by atoms with Gasteiger partial charge in [-0.2, -0.15) is 0 Å². The van der Waals surface area contributed by atoms with Gasteiger partial charge in [-0.25, -0.2) is 9.59 Å². The smallest absolute Gasteiger partial charge is 0.333 e. The van der Waals surface area contributed by atoms with Gasteiger partial charge in [0, 0.05) is 25.7 Å². The Kier molecular flexibility index (Phi) is 16.8. The first-order valence-corrected chi connectivity index (χ1v) is 14.7. The minimum Gasteiger partial charge on any atom is -0.481 e.